The van der Waals surface area contributed by atoms with Gasteiger partial charge in [-0.25, -0.2) is 0 Å². The molecule has 9 heteroatoms. The normalized spacial score (nSPS) is 21.2. The summed E-state index contributed by atoms with van der Waals surface area (Å²) in [7, 11) is 0. The average molecular weight is 505 g/mol. The molecule has 2 rings (SSSR count). The number of furan rings is 1. The van der Waals surface area contributed by atoms with Gasteiger partial charge in [-0.2, -0.15) is 24.9 Å². The molecular formula is C17H27F3IN3OS. The fraction of sp³-hybridized carbons (Fsp3) is 0.706. The van der Waals surface area contributed by atoms with E-state index >= 15 is 0 Å². The molecule has 1 aromatic rings. The van der Waals surface area contributed by atoms with Crippen LogP contribution < -0.4 is 10.6 Å². The summed E-state index contributed by atoms with van der Waals surface area (Å²) >= 11 is 1.69. The minimum Gasteiger partial charge on any atom is -0.469 e. The van der Waals surface area contributed by atoms with Crippen molar-refractivity contribution < 1.29 is 17.6 Å². The van der Waals surface area contributed by atoms with Gasteiger partial charge < -0.3 is 15.1 Å². The van der Waals surface area contributed by atoms with E-state index in [4.69, 9.17) is 4.42 Å². The molecule has 0 amide bonds. The number of aliphatic imine (C=N–C) groups is 1. The van der Waals surface area contributed by atoms with Crippen LogP contribution >= 0.6 is 35.7 Å². The summed E-state index contributed by atoms with van der Waals surface area (Å²) in [6.07, 6.45) is 1.90. The molecule has 4 nitrogen and oxygen atoms in total. The van der Waals surface area contributed by atoms with Crippen LogP contribution in [-0.2, 0) is 6.42 Å². The lowest BCUT2D eigenvalue weighted by atomic mass is 9.85. The van der Waals surface area contributed by atoms with Crippen LogP contribution in [0.1, 0.15) is 31.4 Å². The van der Waals surface area contributed by atoms with E-state index in [9.17, 15) is 13.2 Å². The third kappa shape index (κ3) is 8.41. The highest BCUT2D eigenvalue weighted by molar-refractivity contribution is 14.0. The molecule has 1 aliphatic carbocycles. The van der Waals surface area contributed by atoms with Gasteiger partial charge in [-0.15, -0.1) is 24.0 Å². The van der Waals surface area contributed by atoms with E-state index in [0.717, 1.165) is 17.9 Å². The molecule has 0 spiro atoms. The number of thioether (sulfide) groups is 1. The number of halogens is 4. The van der Waals surface area contributed by atoms with Crippen LogP contribution in [0.4, 0.5) is 13.2 Å². The van der Waals surface area contributed by atoms with E-state index in [1.54, 1.807) is 18.0 Å². The van der Waals surface area contributed by atoms with E-state index < -0.39 is 12.1 Å². The van der Waals surface area contributed by atoms with Crippen LogP contribution in [0.2, 0.25) is 0 Å². The van der Waals surface area contributed by atoms with Crippen molar-refractivity contribution in [1.82, 2.24) is 10.6 Å². The van der Waals surface area contributed by atoms with Crippen LogP contribution in [0.5, 0.6) is 0 Å². The molecule has 150 valence electrons. The van der Waals surface area contributed by atoms with Crippen molar-refractivity contribution in [2.45, 2.75) is 44.3 Å². The third-order valence-electron chi connectivity index (χ3n) is 4.29. The van der Waals surface area contributed by atoms with Gasteiger partial charge in [-0.3, -0.25) is 4.99 Å². The molecule has 1 heterocycles. The molecule has 1 fully saturated rings. The molecular weight excluding hydrogens is 478 g/mol. The van der Waals surface area contributed by atoms with Crippen molar-refractivity contribution in [2.24, 2.45) is 10.9 Å². The summed E-state index contributed by atoms with van der Waals surface area (Å²) in [5.41, 5.74) is 0. The Balaban J connectivity index is 0.00000338. The third-order valence-corrected chi connectivity index (χ3v) is 4.88. The predicted octanol–water partition coefficient (Wildman–Crippen LogP) is 4.46. The first kappa shape index (κ1) is 23.5. The van der Waals surface area contributed by atoms with Gasteiger partial charge in [0.2, 0.25) is 0 Å². The Hall–Kier alpha value is -0.580. The highest BCUT2D eigenvalue weighted by atomic mass is 127. The summed E-state index contributed by atoms with van der Waals surface area (Å²) in [6, 6.07) is 3.54. The van der Waals surface area contributed by atoms with Crippen molar-refractivity contribution in [2.75, 3.05) is 25.1 Å². The molecule has 1 aliphatic rings. The summed E-state index contributed by atoms with van der Waals surface area (Å²) in [6.45, 7) is 1.25. The largest absolute Gasteiger partial charge is 0.469 e. The molecule has 26 heavy (non-hydrogen) atoms. The highest BCUT2D eigenvalue weighted by Crippen LogP contribution is 2.37. The van der Waals surface area contributed by atoms with Crippen molar-refractivity contribution >= 4 is 41.7 Å². The summed E-state index contributed by atoms with van der Waals surface area (Å²) in [5, 5.41) is 6.40. The molecule has 0 radical (unpaired) electrons. The second kappa shape index (κ2) is 12.0. The Bertz CT molecular complexity index is 526. The molecule has 0 aliphatic heterocycles. The van der Waals surface area contributed by atoms with Gasteiger partial charge in [0.25, 0.3) is 0 Å². The molecule has 0 bridgehead atoms. The SMILES string of the molecule is CSCCN=C(NCCc1ccco1)NC1CCCC(C(F)(F)F)C1.I. The standard InChI is InChI=1S/C17H26F3N3OS.HI/c1-25-11-9-22-16(21-8-7-15-6-3-10-24-15)23-14-5-2-4-13(12-14)17(18,19)20;/h3,6,10,13-14H,2,4-5,7-9,11-12H2,1H3,(H2,21,22,23);1H. The lowest BCUT2D eigenvalue weighted by molar-refractivity contribution is -0.183. The number of alkyl halides is 3. The number of guanidine groups is 1. The average Bonchev–Trinajstić information content (AvgIpc) is 3.08. The van der Waals surface area contributed by atoms with Crippen molar-refractivity contribution in [1.29, 1.82) is 0 Å². The minimum absolute atomic E-state index is 0. The van der Waals surface area contributed by atoms with E-state index in [1.807, 2.05) is 18.4 Å². The first-order valence-corrected chi connectivity index (χ1v) is 10.0. The number of hydrogen-bond donors (Lipinski definition) is 2. The maximum atomic E-state index is 13.0. The van der Waals surface area contributed by atoms with Gasteiger partial charge in [0.15, 0.2) is 5.96 Å². The van der Waals surface area contributed by atoms with Gasteiger partial charge in [0.05, 0.1) is 18.7 Å². The van der Waals surface area contributed by atoms with Gasteiger partial charge >= 0.3 is 6.18 Å². The monoisotopic (exact) mass is 505 g/mol. The number of hydrogen-bond acceptors (Lipinski definition) is 3. The van der Waals surface area contributed by atoms with Crippen LogP contribution in [0, 0.1) is 5.92 Å². The molecule has 2 unspecified atom stereocenters. The Labute approximate surface area is 174 Å². The lowest BCUT2D eigenvalue weighted by Gasteiger charge is -2.32. The fourth-order valence-corrected chi connectivity index (χ4v) is 3.25. The smallest absolute Gasteiger partial charge is 0.391 e. The highest BCUT2D eigenvalue weighted by Gasteiger charge is 2.42. The first-order valence-electron chi connectivity index (χ1n) is 8.62. The number of nitrogens with one attached hydrogen (secondary N) is 2. The van der Waals surface area contributed by atoms with Gasteiger partial charge in [-0.05, 0) is 37.7 Å². The maximum absolute atomic E-state index is 13.0. The fourth-order valence-electron chi connectivity index (χ4n) is 2.97. The van der Waals surface area contributed by atoms with Crippen LogP contribution in [0.3, 0.4) is 0 Å². The second-order valence-electron chi connectivity index (χ2n) is 6.23. The molecule has 0 aromatic carbocycles. The molecule has 1 saturated carbocycles. The quantitative estimate of drug-likeness (QED) is 0.249. The van der Waals surface area contributed by atoms with Crippen molar-refractivity contribution in [3.05, 3.63) is 24.2 Å². The molecule has 0 saturated heterocycles. The Morgan fingerprint density at radius 2 is 2.19 bits per heavy atom. The van der Waals surface area contributed by atoms with Crippen LogP contribution in [-0.4, -0.2) is 43.3 Å². The van der Waals surface area contributed by atoms with Crippen molar-refractivity contribution in [3.63, 3.8) is 0 Å². The zero-order chi connectivity index (χ0) is 18.1. The zero-order valence-electron chi connectivity index (χ0n) is 14.8. The van der Waals surface area contributed by atoms with Crippen LogP contribution in [0.25, 0.3) is 0 Å². The van der Waals surface area contributed by atoms with Gasteiger partial charge in [0, 0.05) is 24.8 Å². The maximum Gasteiger partial charge on any atom is 0.391 e. The number of rotatable bonds is 7. The van der Waals surface area contributed by atoms with Gasteiger partial charge in [-0.1, -0.05) is 6.42 Å². The van der Waals surface area contributed by atoms with E-state index in [-0.39, 0.29) is 42.9 Å². The Morgan fingerprint density at radius 3 is 2.85 bits per heavy atom. The lowest BCUT2D eigenvalue weighted by Crippen LogP contribution is -2.47. The number of nitrogens with zero attached hydrogens (tertiary/aromatic N) is 1. The Morgan fingerprint density at radius 1 is 1.38 bits per heavy atom. The zero-order valence-corrected chi connectivity index (χ0v) is 18.0. The molecule has 2 atom stereocenters. The Kier molecular flexibility index (Phi) is 10.8. The first-order chi connectivity index (χ1) is 12.0. The van der Waals surface area contributed by atoms with E-state index in [2.05, 4.69) is 15.6 Å². The van der Waals surface area contributed by atoms with E-state index in [0.29, 0.717) is 31.9 Å². The topological polar surface area (TPSA) is 49.6 Å². The summed E-state index contributed by atoms with van der Waals surface area (Å²) in [5.74, 6) is 1.12. The second-order valence-corrected chi connectivity index (χ2v) is 7.21. The molecule has 2 N–H and O–H groups in total. The summed E-state index contributed by atoms with van der Waals surface area (Å²) < 4.78 is 44.2. The predicted molar refractivity (Wildman–Crippen MR) is 111 cm³/mol. The summed E-state index contributed by atoms with van der Waals surface area (Å²) in [4.78, 5) is 4.48. The van der Waals surface area contributed by atoms with Crippen LogP contribution in [0.15, 0.2) is 27.8 Å². The van der Waals surface area contributed by atoms with Gasteiger partial charge in [0.1, 0.15) is 5.76 Å². The van der Waals surface area contributed by atoms with Crippen molar-refractivity contribution in [3.8, 4) is 0 Å². The minimum atomic E-state index is -4.11. The van der Waals surface area contributed by atoms with E-state index in [1.165, 1.54) is 0 Å². The molecule has 1 aromatic heterocycles.